The third-order valence-corrected chi connectivity index (χ3v) is 3.77. The van der Waals surface area contributed by atoms with Crippen LogP contribution in [0.4, 0.5) is 0 Å². The number of likely N-dealkylation sites (tertiary alicyclic amines) is 1. The van der Waals surface area contributed by atoms with E-state index in [1.807, 2.05) is 0 Å². The molecule has 1 saturated heterocycles. The first-order chi connectivity index (χ1) is 8.25. The molecular formula is C15H18N2. The fraction of sp³-hybridized carbons (Fsp3) is 0.333. The SMILES string of the molecule is CN1C[C@@H](N)[C@@H](c2cccc3ccccc23)C1. The fourth-order valence-electron chi connectivity index (χ4n) is 2.94. The molecule has 2 aromatic carbocycles. The van der Waals surface area contributed by atoms with Gasteiger partial charge in [-0.15, -0.1) is 0 Å². The van der Waals surface area contributed by atoms with Crippen molar-refractivity contribution < 1.29 is 0 Å². The fourth-order valence-corrected chi connectivity index (χ4v) is 2.94. The van der Waals surface area contributed by atoms with E-state index in [-0.39, 0.29) is 6.04 Å². The zero-order valence-electron chi connectivity index (χ0n) is 10.1. The number of nitrogens with two attached hydrogens (primary N) is 1. The Morgan fingerprint density at radius 1 is 1.06 bits per heavy atom. The van der Waals surface area contributed by atoms with Crippen LogP contribution in [0.5, 0.6) is 0 Å². The van der Waals surface area contributed by atoms with Crippen molar-refractivity contribution in [2.75, 3.05) is 20.1 Å². The van der Waals surface area contributed by atoms with Gasteiger partial charge in [-0.1, -0.05) is 42.5 Å². The second-order valence-electron chi connectivity index (χ2n) is 5.06. The number of hydrogen-bond acceptors (Lipinski definition) is 2. The molecule has 2 N–H and O–H groups in total. The number of likely N-dealkylation sites (N-methyl/N-ethyl adjacent to an activating group) is 1. The summed E-state index contributed by atoms with van der Waals surface area (Å²) >= 11 is 0. The lowest BCUT2D eigenvalue weighted by atomic mass is 9.90. The maximum atomic E-state index is 6.25. The van der Waals surface area contributed by atoms with Crippen LogP contribution in [0.3, 0.4) is 0 Å². The molecule has 1 fully saturated rings. The molecule has 1 aliphatic heterocycles. The van der Waals surface area contributed by atoms with Crippen LogP contribution in [0.1, 0.15) is 11.5 Å². The Hall–Kier alpha value is -1.38. The lowest BCUT2D eigenvalue weighted by molar-refractivity contribution is 0.408. The second-order valence-corrected chi connectivity index (χ2v) is 5.06. The summed E-state index contributed by atoms with van der Waals surface area (Å²) in [5.41, 5.74) is 7.65. The lowest BCUT2D eigenvalue weighted by Crippen LogP contribution is -2.27. The number of rotatable bonds is 1. The highest BCUT2D eigenvalue weighted by molar-refractivity contribution is 5.86. The number of nitrogens with zero attached hydrogens (tertiary/aromatic N) is 1. The molecule has 0 radical (unpaired) electrons. The highest BCUT2D eigenvalue weighted by Gasteiger charge is 2.29. The zero-order valence-corrected chi connectivity index (χ0v) is 10.1. The van der Waals surface area contributed by atoms with Gasteiger partial charge in [0.05, 0.1) is 0 Å². The molecule has 2 atom stereocenters. The van der Waals surface area contributed by atoms with Gasteiger partial charge >= 0.3 is 0 Å². The van der Waals surface area contributed by atoms with E-state index in [4.69, 9.17) is 5.73 Å². The number of benzene rings is 2. The Morgan fingerprint density at radius 3 is 2.59 bits per heavy atom. The Morgan fingerprint density at radius 2 is 1.82 bits per heavy atom. The summed E-state index contributed by atoms with van der Waals surface area (Å²) in [5.74, 6) is 0.464. The molecular weight excluding hydrogens is 208 g/mol. The van der Waals surface area contributed by atoms with E-state index in [1.165, 1.54) is 16.3 Å². The first kappa shape index (κ1) is 10.8. The van der Waals surface area contributed by atoms with Crippen molar-refractivity contribution in [3.05, 3.63) is 48.0 Å². The zero-order chi connectivity index (χ0) is 11.8. The van der Waals surface area contributed by atoms with Gasteiger partial charge in [0.25, 0.3) is 0 Å². The molecule has 2 aromatic rings. The van der Waals surface area contributed by atoms with E-state index >= 15 is 0 Å². The van der Waals surface area contributed by atoms with Crippen LogP contribution < -0.4 is 5.73 Å². The maximum absolute atomic E-state index is 6.25. The van der Waals surface area contributed by atoms with E-state index in [9.17, 15) is 0 Å². The average Bonchev–Trinajstić information content (AvgIpc) is 2.68. The highest BCUT2D eigenvalue weighted by atomic mass is 15.1. The first-order valence-corrected chi connectivity index (χ1v) is 6.17. The molecule has 17 heavy (non-hydrogen) atoms. The molecule has 0 bridgehead atoms. The molecule has 88 valence electrons. The van der Waals surface area contributed by atoms with Gasteiger partial charge in [0.1, 0.15) is 0 Å². The van der Waals surface area contributed by atoms with Crippen molar-refractivity contribution in [1.82, 2.24) is 4.90 Å². The Bertz CT molecular complexity index is 530. The maximum Gasteiger partial charge on any atom is 0.0250 e. The molecule has 2 heteroatoms. The van der Waals surface area contributed by atoms with Gasteiger partial charge in [0, 0.05) is 25.0 Å². The van der Waals surface area contributed by atoms with Crippen LogP contribution in [0, 0.1) is 0 Å². The van der Waals surface area contributed by atoms with Crippen molar-refractivity contribution in [1.29, 1.82) is 0 Å². The van der Waals surface area contributed by atoms with Crippen LogP contribution in [0.2, 0.25) is 0 Å². The van der Waals surface area contributed by atoms with Gasteiger partial charge in [-0.2, -0.15) is 0 Å². The number of fused-ring (bicyclic) bond motifs is 1. The van der Waals surface area contributed by atoms with E-state index < -0.39 is 0 Å². The van der Waals surface area contributed by atoms with Gasteiger partial charge in [0.15, 0.2) is 0 Å². The minimum absolute atomic E-state index is 0.255. The van der Waals surface area contributed by atoms with Crippen molar-refractivity contribution in [2.45, 2.75) is 12.0 Å². The lowest BCUT2D eigenvalue weighted by Gasteiger charge is -2.17. The summed E-state index contributed by atoms with van der Waals surface area (Å²) in [6.07, 6.45) is 0. The molecule has 1 aliphatic rings. The molecule has 1 heterocycles. The molecule has 0 spiro atoms. The summed E-state index contributed by atoms with van der Waals surface area (Å²) in [4.78, 5) is 2.32. The molecule has 3 rings (SSSR count). The Labute approximate surface area is 102 Å². The van der Waals surface area contributed by atoms with Gasteiger partial charge in [-0.3, -0.25) is 0 Å². The topological polar surface area (TPSA) is 29.3 Å². The summed E-state index contributed by atoms with van der Waals surface area (Å²) < 4.78 is 0. The van der Waals surface area contributed by atoms with E-state index in [0.29, 0.717) is 5.92 Å². The van der Waals surface area contributed by atoms with Gasteiger partial charge in [-0.25, -0.2) is 0 Å². The predicted octanol–water partition coefficient (Wildman–Crippen LogP) is 2.20. The molecule has 0 aliphatic carbocycles. The highest BCUT2D eigenvalue weighted by Crippen LogP contribution is 2.31. The van der Waals surface area contributed by atoms with Crippen molar-refractivity contribution in [2.24, 2.45) is 5.73 Å². The minimum atomic E-state index is 0.255. The molecule has 0 amide bonds. The van der Waals surface area contributed by atoms with E-state index in [0.717, 1.165) is 13.1 Å². The normalized spacial score (nSPS) is 25.5. The Kier molecular flexibility index (Phi) is 2.61. The van der Waals surface area contributed by atoms with Gasteiger partial charge < -0.3 is 10.6 Å². The van der Waals surface area contributed by atoms with Crippen LogP contribution >= 0.6 is 0 Å². The quantitative estimate of drug-likeness (QED) is 0.807. The van der Waals surface area contributed by atoms with E-state index in [2.05, 4.69) is 54.4 Å². The van der Waals surface area contributed by atoms with E-state index in [1.54, 1.807) is 0 Å². The van der Waals surface area contributed by atoms with Crippen LogP contribution in [-0.2, 0) is 0 Å². The predicted molar refractivity (Wildman–Crippen MR) is 72.2 cm³/mol. The molecule has 0 saturated carbocycles. The van der Waals surface area contributed by atoms with Gasteiger partial charge in [-0.05, 0) is 23.4 Å². The molecule has 2 nitrogen and oxygen atoms in total. The number of hydrogen-bond donors (Lipinski definition) is 1. The largest absolute Gasteiger partial charge is 0.326 e. The molecule has 0 aromatic heterocycles. The first-order valence-electron chi connectivity index (χ1n) is 6.17. The summed E-state index contributed by atoms with van der Waals surface area (Å²) in [5, 5.41) is 2.66. The van der Waals surface area contributed by atoms with Gasteiger partial charge in [0.2, 0.25) is 0 Å². The Balaban J connectivity index is 2.11. The monoisotopic (exact) mass is 226 g/mol. The average molecular weight is 226 g/mol. The van der Waals surface area contributed by atoms with Crippen LogP contribution in [-0.4, -0.2) is 31.1 Å². The summed E-state index contributed by atoms with van der Waals surface area (Å²) in [6.45, 7) is 2.06. The standard InChI is InChI=1S/C15H18N2/c1-17-9-14(15(16)10-17)13-8-4-6-11-5-2-3-7-12(11)13/h2-8,14-15H,9-10,16H2,1H3/t14-,15-/m1/s1. The second kappa shape index (κ2) is 4.13. The van der Waals surface area contributed by atoms with Crippen molar-refractivity contribution >= 4 is 10.8 Å². The summed E-state index contributed by atoms with van der Waals surface area (Å²) in [7, 11) is 2.14. The smallest absolute Gasteiger partial charge is 0.0250 e. The summed E-state index contributed by atoms with van der Waals surface area (Å²) in [6, 6.07) is 15.4. The van der Waals surface area contributed by atoms with Crippen molar-refractivity contribution in [3.63, 3.8) is 0 Å². The minimum Gasteiger partial charge on any atom is -0.326 e. The van der Waals surface area contributed by atoms with Crippen LogP contribution in [0.15, 0.2) is 42.5 Å². The van der Waals surface area contributed by atoms with Crippen LogP contribution in [0.25, 0.3) is 10.8 Å². The third-order valence-electron chi connectivity index (χ3n) is 3.77. The third kappa shape index (κ3) is 1.84. The van der Waals surface area contributed by atoms with Crippen molar-refractivity contribution in [3.8, 4) is 0 Å². The molecule has 0 unspecified atom stereocenters.